The number of unbranched alkanes of at least 4 members (excludes halogenated alkanes) is 1. The molecule has 1 heterocycles. The number of aliphatic hydroxyl groups excluding tert-OH is 1. The number of para-hydroxylation sites is 1. The summed E-state index contributed by atoms with van der Waals surface area (Å²) in [5.74, 6) is -1.55. The van der Waals surface area contributed by atoms with Gasteiger partial charge in [0.25, 0.3) is 11.7 Å². The Morgan fingerprint density at radius 3 is 2.55 bits per heavy atom. The Bertz CT molecular complexity index is 1040. The Kier molecular flexibility index (Phi) is 6.74. The summed E-state index contributed by atoms with van der Waals surface area (Å²) >= 11 is 0. The number of ether oxygens (including phenoxy) is 2. The first-order chi connectivity index (χ1) is 14.9. The molecule has 0 radical (unpaired) electrons. The summed E-state index contributed by atoms with van der Waals surface area (Å²) in [5.41, 5.74) is 0.857. The van der Waals surface area contributed by atoms with Crippen LogP contribution in [0.4, 0.5) is 0 Å². The van der Waals surface area contributed by atoms with Gasteiger partial charge >= 0.3 is 5.97 Å². The standard InChI is InChI=1S/C24H25NO6/c1-4-5-13-25-21(16-9-8-10-17(14-16)31-15(2)26)20(23(28)24(25)29)22(27)18-11-6-7-12-19(18)30-3/h6-12,14,21,27H,4-5,13H2,1-3H3/b22-20-. The molecule has 1 unspecified atom stereocenters. The molecule has 0 aromatic heterocycles. The molecule has 1 amide bonds. The molecule has 0 spiro atoms. The number of hydrogen-bond acceptors (Lipinski definition) is 6. The van der Waals surface area contributed by atoms with E-state index in [1.807, 2.05) is 6.92 Å². The van der Waals surface area contributed by atoms with Crippen LogP contribution in [0, 0.1) is 0 Å². The van der Waals surface area contributed by atoms with Gasteiger partial charge in [0.1, 0.15) is 17.3 Å². The zero-order valence-electron chi connectivity index (χ0n) is 17.8. The maximum Gasteiger partial charge on any atom is 0.308 e. The predicted octanol–water partition coefficient (Wildman–Crippen LogP) is 3.84. The van der Waals surface area contributed by atoms with E-state index in [9.17, 15) is 19.5 Å². The highest BCUT2D eigenvalue weighted by Crippen LogP contribution is 2.41. The molecular weight excluding hydrogens is 398 g/mol. The average molecular weight is 423 g/mol. The smallest absolute Gasteiger partial charge is 0.308 e. The van der Waals surface area contributed by atoms with Gasteiger partial charge in [-0.05, 0) is 36.2 Å². The molecular formula is C24H25NO6. The van der Waals surface area contributed by atoms with Crippen molar-refractivity contribution in [2.75, 3.05) is 13.7 Å². The van der Waals surface area contributed by atoms with Crippen molar-refractivity contribution in [1.82, 2.24) is 4.90 Å². The van der Waals surface area contributed by atoms with Crippen molar-refractivity contribution in [2.45, 2.75) is 32.7 Å². The quantitative estimate of drug-likeness (QED) is 0.239. The van der Waals surface area contributed by atoms with Gasteiger partial charge in [-0.3, -0.25) is 14.4 Å². The van der Waals surface area contributed by atoms with Crippen LogP contribution in [0.2, 0.25) is 0 Å². The largest absolute Gasteiger partial charge is 0.507 e. The van der Waals surface area contributed by atoms with Crippen molar-refractivity contribution in [3.8, 4) is 11.5 Å². The predicted molar refractivity (Wildman–Crippen MR) is 115 cm³/mol. The van der Waals surface area contributed by atoms with Gasteiger partial charge in [0.05, 0.1) is 24.3 Å². The van der Waals surface area contributed by atoms with Crippen LogP contribution in [0.5, 0.6) is 11.5 Å². The van der Waals surface area contributed by atoms with Crippen molar-refractivity contribution >= 4 is 23.4 Å². The Hall–Kier alpha value is -3.61. The van der Waals surface area contributed by atoms with E-state index in [1.165, 1.54) is 18.9 Å². The van der Waals surface area contributed by atoms with E-state index < -0.39 is 23.7 Å². The molecule has 31 heavy (non-hydrogen) atoms. The lowest BCUT2D eigenvalue weighted by atomic mass is 9.94. The SMILES string of the molecule is CCCCN1C(=O)C(=O)/C(=C(\O)c2ccccc2OC)C1c1cccc(OC(C)=O)c1. The number of esters is 1. The Balaban J connectivity index is 2.19. The van der Waals surface area contributed by atoms with Crippen molar-refractivity contribution in [2.24, 2.45) is 0 Å². The minimum Gasteiger partial charge on any atom is -0.507 e. The lowest BCUT2D eigenvalue weighted by Gasteiger charge is -2.25. The number of nitrogens with zero attached hydrogens (tertiary/aromatic N) is 1. The third-order valence-electron chi connectivity index (χ3n) is 5.09. The number of amides is 1. The normalized spacial score (nSPS) is 17.6. The maximum absolute atomic E-state index is 13.0. The molecule has 162 valence electrons. The molecule has 1 fully saturated rings. The van der Waals surface area contributed by atoms with Gasteiger partial charge in [-0.1, -0.05) is 37.6 Å². The summed E-state index contributed by atoms with van der Waals surface area (Å²) in [6, 6.07) is 12.6. The number of carbonyl (C=O) groups excluding carboxylic acids is 3. The summed E-state index contributed by atoms with van der Waals surface area (Å²) in [7, 11) is 1.46. The number of methoxy groups -OCH3 is 1. The summed E-state index contributed by atoms with van der Waals surface area (Å²) < 4.78 is 10.5. The minimum absolute atomic E-state index is 0.0226. The fraction of sp³-hybridized carbons (Fsp3) is 0.292. The van der Waals surface area contributed by atoms with E-state index in [0.717, 1.165) is 6.42 Å². The third-order valence-corrected chi connectivity index (χ3v) is 5.09. The molecule has 0 aliphatic carbocycles. The van der Waals surface area contributed by atoms with Crippen molar-refractivity contribution in [3.05, 3.63) is 65.2 Å². The van der Waals surface area contributed by atoms with E-state index >= 15 is 0 Å². The highest BCUT2D eigenvalue weighted by atomic mass is 16.5. The van der Waals surface area contributed by atoms with E-state index in [2.05, 4.69) is 0 Å². The van der Waals surface area contributed by atoms with Gasteiger partial charge in [-0.15, -0.1) is 0 Å². The molecule has 2 aromatic carbocycles. The number of rotatable bonds is 7. The van der Waals surface area contributed by atoms with Crippen molar-refractivity contribution < 1.29 is 29.0 Å². The lowest BCUT2D eigenvalue weighted by Crippen LogP contribution is -2.30. The molecule has 7 heteroatoms. The molecule has 1 saturated heterocycles. The Morgan fingerprint density at radius 1 is 1.13 bits per heavy atom. The number of benzene rings is 2. The van der Waals surface area contributed by atoms with E-state index in [0.29, 0.717) is 35.6 Å². The third kappa shape index (κ3) is 4.45. The van der Waals surface area contributed by atoms with E-state index in [-0.39, 0.29) is 11.3 Å². The molecule has 7 nitrogen and oxygen atoms in total. The number of Topliss-reactive ketones (excluding diaryl/α,β-unsaturated/α-hetero) is 1. The zero-order chi connectivity index (χ0) is 22.5. The van der Waals surface area contributed by atoms with Crippen molar-refractivity contribution in [3.63, 3.8) is 0 Å². The van der Waals surface area contributed by atoms with Crippen LogP contribution in [0.3, 0.4) is 0 Å². The number of likely N-dealkylation sites (tertiary alicyclic amines) is 1. The number of carbonyl (C=O) groups is 3. The van der Waals surface area contributed by atoms with Gasteiger partial charge in [0.15, 0.2) is 0 Å². The topological polar surface area (TPSA) is 93.1 Å². The van der Waals surface area contributed by atoms with Crippen LogP contribution >= 0.6 is 0 Å². The summed E-state index contributed by atoms with van der Waals surface area (Å²) in [6.07, 6.45) is 1.53. The molecule has 3 rings (SSSR count). The second kappa shape index (κ2) is 9.47. The molecule has 0 bridgehead atoms. The van der Waals surface area contributed by atoms with E-state index in [4.69, 9.17) is 9.47 Å². The van der Waals surface area contributed by atoms with Crippen LogP contribution in [0.1, 0.15) is 43.9 Å². The van der Waals surface area contributed by atoms with Gasteiger partial charge in [-0.25, -0.2) is 0 Å². The first-order valence-corrected chi connectivity index (χ1v) is 10.1. The Morgan fingerprint density at radius 2 is 1.87 bits per heavy atom. The number of aliphatic hydroxyl groups is 1. The monoisotopic (exact) mass is 423 g/mol. The summed E-state index contributed by atoms with van der Waals surface area (Å²) in [6.45, 7) is 3.63. The summed E-state index contributed by atoms with van der Waals surface area (Å²) in [4.78, 5) is 38.7. The molecule has 1 N–H and O–H groups in total. The molecule has 0 saturated carbocycles. The number of hydrogen-bond donors (Lipinski definition) is 1. The molecule has 2 aromatic rings. The lowest BCUT2D eigenvalue weighted by molar-refractivity contribution is -0.139. The van der Waals surface area contributed by atoms with Crippen LogP contribution in [-0.2, 0) is 14.4 Å². The second-order valence-corrected chi connectivity index (χ2v) is 7.21. The average Bonchev–Trinajstić information content (AvgIpc) is 3.01. The zero-order valence-corrected chi connectivity index (χ0v) is 17.8. The van der Waals surface area contributed by atoms with Gasteiger partial charge < -0.3 is 19.5 Å². The second-order valence-electron chi connectivity index (χ2n) is 7.21. The highest BCUT2D eigenvalue weighted by Gasteiger charge is 2.46. The van der Waals surface area contributed by atoms with Gasteiger partial charge in [-0.2, -0.15) is 0 Å². The van der Waals surface area contributed by atoms with Crippen LogP contribution < -0.4 is 9.47 Å². The van der Waals surface area contributed by atoms with E-state index in [1.54, 1.807) is 48.5 Å². The summed E-state index contributed by atoms with van der Waals surface area (Å²) in [5, 5.41) is 11.1. The van der Waals surface area contributed by atoms with Crippen LogP contribution in [0.25, 0.3) is 5.76 Å². The fourth-order valence-electron chi connectivity index (χ4n) is 3.69. The highest BCUT2D eigenvalue weighted by molar-refractivity contribution is 6.46. The fourth-order valence-corrected chi connectivity index (χ4v) is 3.69. The Labute approximate surface area is 180 Å². The van der Waals surface area contributed by atoms with Crippen molar-refractivity contribution in [1.29, 1.82) is 0 Å². The maximum atomic E-state index is 13.0. The molecule has 1 atom stereocenters. The molecule has 1 aliphatic rings. The number of ketones is 1. The first-order valence-electron chi connectivity index (χ1n) is 10.1. The van der Waals surface area contributed by atoms with Gasteiger partial charge in [0.2, 0.25) is 0 Å². The minimum atomic E-state index is -0.813. The van der Waals surface area contributed by atoms with Crippen LogP contribution in [0.15, 0.2) is 54.1 Å². The van der Waals surface area contributed by atoms with Crippen LogP contribution in [-0.4, -0.2) is 41.3 Å². The van der Waals surface area contributed by atoms with Gasteiger partial charge in [0, 0.05) is 13.5 Å². The molecule has 1 aliphatic heterocycles. The first kappa shape index (κ1) is 22.1.